The summed E-state index contributed by atoms with van der Waals surface area (Å²) in [7, 11) is 1.99. The quantitative estimate of drug-likeness (QED) is 0.300. The summed E-state index contributed by atoms with van der Waals surface area (Å²) in [5, 5.41) is 9.01. The van der Waals surface area contributed by atoms with Crippen LogP contribution in [0.15, 0.2) is 79.1 Å². The molecule has 4 aromatic rings. The average Bonchev–Trinajstić information content (AvgIpc) is 3.31. The molecule has 6 nitrogen and oxygen atoms in total. The molecule has 1 aliphatic rings. The summed E-state index contributed by atoms with van der Waals surface area (Å²) in [6.45, 7) is 0.459. The molecule has 0 saturated heterocycles. The monoisotopic (exact) mass is 493 g/mol. The predicted octanol–water partition coefficient (Wildman–Crippen LogP) is 6.45. The van der Waals surface area contributed by atoms with E-state index >= 15 is 0 Å². The Morgan fingerprint density at radius 3 is 2.51 bits per heavy atom. The van der Waals surface area contributed by atoms with Crippen LogP contribution in [0.4, 0.5) is 5.69 Å². The van der Waals surface area contributed by atoms with Crippen LogP contribution in [0, 0.1) is 5.92 Å². The number of nitrogens with zero attached hydrogens (tertiary/aromatic N) is 3. The maximum atomic E-state index is 13.7. The second-order valence-corrected chi connectivity index (χ2v) is 9.78. The zero-order chi connectivity index (χ0) is 25.8. The molecule has 1 heterocycles. The smallest absolute Gasteiger partial charge is 0.328 e. The Bertz CT molecular complexity index is 1450. The Balaban J connectivity index is 1.42. The van der Waals surface area contributed by atoms with Crippen molar-refractivity contribution < 1.29 is 14.7 Å². The van der Waals surface area contributed by atoms with E-state index in [4.69, 9.17) is 5.11 Å². The van der Waals surface area contributed by atoms with Crippen molar-refractivity contribution in [3.63, 3.8) is 0 Å². The fourth-order valence-electron chi connectivity index (χ4n) is 5.13. The van der Waals surface area contributed by atoms with Gasteiger partial charge in [0.15, 0.2) is 0 Å². The summed E-state index contributed by atoms with van der Waals surface area (Å²) in [6, 6.07) is 22.2. The maximum Gasteiger partial charge on any atom is 0.328 e. The van der Waals surface area contributed by atoms with Crippen molar-refractivity contribution in [1.82, 2.24) is 9.55 Å². The van der Waals surface area contributed by atoms with Gasteiger partial charge in [-0.15, -0.1) is 0 Å². The number of imidazole rings is 1. The molecule has 3 aromatic carbocycles. The van der Waals surface area contributed by atoms with E-state index in [0.29, 0.717) is 6.54 Å². The number of benzene rings is 3. The van der Waals surface area contributed by atoms with E-state index in [1.807, 2.05) is 47.1 Å². The molecule has 0 aliphatic heterocycles. The van der Waals surface area contributed by atoms with E-state index in [1.54, 1.807) is 6.08 Å². The molecule has 1 fully saturated rings. The first-order valence-corrected chi connectivity index (χ1v) is 12.8. The largest absolute Gasteiger partial charge is 0.478 e. The van der Waals surface area contributed by atoms with Crippen LogP contribution < -0.4 is 4.90 Å². The number of carbonyl (C=O) groups is 2. The number of carboxylic acids is 1. The second kappa shape index (κ2) is 10.8. The van der Waals surface area contributed by atoms with Gasteiger partial charge in [0.25, 0.3) is 0 Å². The molecule has 1 amide bonds. The molecular weight excluding hydrogens is 462 g/mol. The highest BCUT2D eigenvalue weighted by Crippen LogP contribution is 2.30. The molecule has 0 spiro atoms. The molecule has 1 saturated carbocycles. The fraction of sp³-hybridized carbons (Fsp3) is 0.258. The second-order valence-electron chi connectivity index (χ2n) is 9.78. The van der Waals surface area contributed by atoms with E-state index in [1.165, 1.54) is 6.42 Å². The number of hydrogen-bond acceptors (Lipinski definition) is 3. The number of carboxylic acid groups (broad SMARTS) is 1. The third kappa shape index (κ3) is 5.64. The van der Waals surface area contributed by atoms with Gasteiger partial charge < -0.3 is 14.6 Å². The predicted molar refractivity (Wildman–Crippen MR) is 147 cm³/mol. The van der Waals surface area contributed by atoms with Gasteiger partial charge in [-0.25, -0.2) is 9.78 Å². The molecule has 0 atom stereocenters. The molecule has 1 aromatic heterocycles. The Morgan fingerprint density at radius 2 is 1.76 bits per heavy atom. The van der Waals surface area contributed by atoms with Gasteiger partial charge in [-0.1, -0.05) is 61.7 Å². The Kier molecular flexibility index (Phi) is 7.17. The highest BCUT2D eigenvalue weighted by atomic mass is 16.4. The lowest BCUT2D eigenvalue weighted by molar-refractivity contribution is -0.131. The summed E-state index contributed by atoms with van der Waals surface area (Å²) in [4.78, 5) is 31.0. The lowest BCUT2D eigenvalue weighted by atomic mass is 9.88. The summed E-state index contributed by atoms with van der Waals surface area (Å²) in [6.07, 6.45) is 9.69. The molecule has 6 heteroatoms. The third-order valence-corrected chi connectivity index (χ3v) is 7.17. The van der Waals surface area contributed by atoms with Gasteiger partial charge in [-0.3, -0.25) is 4.79 Å². The fourth-order valence-corrected chi connectivity index (χ4v) is 5.13. The number of fused-ring (bicyclic) bond motifs is 1. The lowest BCUT2D eigenvalue weighted by Crippen LogP contribution is -2.36. The summed E-state index contributed by atoms with van der Waals surface area (Å²) >= 11 is 0. The zero-order valence-electron chi connectivity index (χ0n) is 21.0. The maximum absolute atomic E-state index is 13.7. The highest BCUT2D eigenvalue weighted by molar-refractivity contribution is 5.95. The standard InChI is InChI=1S/C31H31N3O3/c1-33-21-32-28-19-26(15-16-29(28)33)24-13-10-23(11-14-24)20-34(31(37)25-7-3-2-4-8-25)27-9-5-6-22(18-27)12-17-30(35)36/h5-6,9-19,21,25H,2-4,7-8,20H2,1H3,(H,35,36). The SMILES string of the molecule is Cn1cnc2cc(-c3ccc(CN(C(=O)C4CCCCC4)c4cccc(C=CC(=O)O)c4)cc3)ccc21. The minimum absolute atomic E-state index is 0.0244. The van der Waals surface area contributed by atoms with Gasteiger partial charge in [-0.2, -0.15) is 0 Å². The zero-order valence-corrected chi connectivity index (χ0v) is 21.0. The molecule has 0 radical (unpaired) electrons. The van der Waals surface area contributed by atoms with Crippen molar-refractivity contribution >= 4 is 34.7 Å². The topological polar surface area (TPSA) is 75.4 Å². The molecule has 0 unspecified atom stereocenters. The van der Waals surface area contributed by atoms with E-state index in [9.17, 15) is 9.59 Å². The number of aliphatic carboxylic acids is 1. The first kappa shape index (κ1) is 24.5. The lowest BCUT2D eigenvalue weighted by Gasteiger charge is -2.30. The number of hydrogen-bond donors (Lipinski definition) is 1. The first-order valence-electron chi connectivity index (χ1n) is 12.8. The van der Waals surface area contributed by atoms with Crippen LogP contribution in [0.2, 0.25) is 0 Å². The Hall–Kier alpha value is -4.19. The average molecular weight is 494 g/mol. The normalized spacial score (nSPS) is 14.3. The van der Waals surface area contributed by atoms with Crippen molar-refractivity contribution in [2.75, 3.05) is 4.90 Å². The van der Waals surface area contributed by atoms with E-state index in [-0.39, 0.29) is 11.8 Å². The van der Waals surface area contributed by atoms with Crippen LogP contribution >= 0.6 is 0 Å². The number of carbonyl (C=O) groups excluding carboxylic acids is 1. The Labute approximate surface area is 216 Å². The van der Waals surface area contributed by atoms with Gasteiger partial charge >= 0.3 is 5.97 Å². The minimum atomic E-state index is -0.997. The van der Waals surface area contributed by atoms with Gasteiger partial charge in [-0.05, 0) is 65.4 Å². The molecule has 1 N–H and O–H groups in total. The molecule has 188 valence electrons. The van der Waals surface area contributed by atoms with Gasteiger partial charge in [0.2, 0.25) is 5.91 Å². The van der Waals surface area contributed by atoms with Crippen molar-refractivity contribution in [3.8, 4) is 11.1 Å². The number of anilines is 1. The third-order valence-electron chi connectivity index (χ3n) is 7.17. The van der Waals surface area contributed by atoms with Crippen LogP contribution in [0.5, 0.6) is 0 Å². The number of aromatic nitrogens is 2. The van der Waals surface area contributed by atoms with Crippen molar-refractivity contribution in [2.45, 2.75) is 38.6 Å². The minimum Gasteiger partial charge on any atom is -0.478 e. The molecule has 5 rings (SSSR count). The van der Waals surface area contributed by atoms with Crippen LogP contribution in [-0.2, 0) is 23.2 Å². The number of amides is 1. The van der Waals surface area contributed by atoms with Crippen molar-refractivity contribution in [3.05, 3.63) is 90.3 Å². The first-order chi connectivity index (χ1) is 18.0. The van der Waals surface area contributed by atoms with Crippen LogP contribution in [0.3, 0.4) is 0 Å². The van der Waals surface area contributed by atoms with E-state index in [0.717, 1.165) is 70.7 Å². The highest BCUT2D eigenvalue weighted by Gasteiger charge is 2.27. The molecule has 37 heavy (non-hydrogen) atoms. The van der Waals surface area contributed by atoms with Crippen LogP contribution in [0.25, 0.3) is 28.2 Å². The van der Waals surface area contributed by atoms with E-state index in [2.05, 4.69) is 47.4 Å². The summed E-state index contributed by atoms with van der Waals surface area (Å²) in [5.41, 5.74) is 6.84. The molecule has 0 bridgehead atoms. The van der Waals surface area contributed by atoms with E-state index < -0.39 is 5.97 Å². The van der Waals surface area contributed by atoms with Gasteiger partial charge in [0, 0.05) is 24.7 Å². The Morgan fingerprint density at radius 1 is 1.00 bits per heavy atom. The summed E-state index contributed by atoms with van der Waals surface area (Å²) in [5.74, 6) is -0.831. The van der Waals surface area contributed by atoms with Gasteiger partial charge in [0.05, 0.1) is 23.9 Å². The molecular formula is C31H31N3O3. The van der Waals surface area contributed by atoms with Crippen molar-refractivity contribution in [2.24, 2.45) is 13.0 Å². The number of rotatable bonds is 7. The van der Waals surface area contributed by atoms with Gasteiger partial charge in [0.1, 0.15) is 0 Å². The summed E-state index contributed by atoms with van der Waals surface area (Å²) < 4.78 is 2.01. The van der Waals surface area contributed by atoms with Crippen molar-refractivity contribution in [1.29, 1.82) is 0 Å². The molecule has 1 aliphatic carbocycles. The number of aryl methyl sites for hydroxylation is 1. The van der Waals surface area contributed by atoms with Crippen LogP contribution in [0.1, 0.15) is 43.2 Å². The van der Waals surface area contributed by atoms with Crippen LogP contribution in [-0.4, -0.2) is 26.5 Å².